The Labute approximate surface area is 174 Å². The first-order chi connectivity index (χ1) is 14.5. The van der Waals surface area contributed by atoms with E-state index >= 15 is 0 Å². The van der Waals surface area contributed by atoms with Gasteiger partial charge in [-0.2, -0.15) is 5.26 Å². The number of anilines is 1. The first kappa shape index (κ1) is 22.6. The molecule has 2 aromatic carbocycles. The average molecular weight is 410 g/mol. The summed E-state index contributed by atoms with van der Waals surface area (Å²) in [7, 11) is 0. The minimum absolute atomic E-state index is 0.00621. The van der Waals surface area contributed by atoms with E-state index in [1.54, 1.807) is 30.3 Å². The van der Waals surface area contributed by atoms with E-state index in [1.807, 2.05) is 12.1 Å². The third-order valence-electron chi connectivity index (χ3n) is 4.23. The molecule has 2 N–H and O–H groups in total. The Balaban J connectivity index is 1.74. The number of nitrogens with one attached hydrogen (secondary N) is 2. The van der Waals surface area contributed by atoms with Crippen molar-refractivity contribution in [2.24, 2.45) is 0 Å². The summed E-state index contributed by atoms with van der Waals surface area (Å²) in [4.78, 5) is 37.9. The lowest BCUT2D eigenvalue weighted by Crippen LogP contribution is -2.36. The number of nitriles is 1. The van der Waals surface area contributed by atoms with E-state index in [0.717, 1.165) is 0 Å². The number of benzene rings is 2. The summed E-state index contributed by atoms with van der Waals surface area (Å²) in [5.74, 6) is -1.76. The van der Waals surface area contributed by atoms with Gasteiger partial charge >= 0.3 is 0 Å². The molecule has 7 nitrogen and oxygen atoms in total. The van der Waals surface area contributed by atoms with E-state index in [0.29, 0.717) is 5.69 Å². The molecule has 156 valence electrons. The van der Waals surface area contributed by atoms with Crippen LogP contribution in [0.4, 0.5) is 10.1 Å². The highest BCUT2D eigenvalue weighted by Gasteiger charge is 2.16. The molecule has 0 radical (unpaired) electrons. The van der Waals surface area contributed by atoms with E-state index in [9.17, 15) is 18.8 Å². The lowest BCUT2D eigenvalue weighted by molar-refractivity contribution is -0.125. The molecule has 0 fully saturated rings. The number of amides is 3. The molecule has 3 amide bonds. The molecule has 0 heterocycles. The van der Waals surface area contributed by atoms with Gasteiger partial charge in [-0.1, -0.05) is 30.3 Å². The Morgan fingerprint density at radius 1 is 0.933 bits per heavy atom. The SMILES string of the molecule is N#CCCN(C(=O)CCC(=O)NCCNC(=O)c1ccccc1F)c1ccccc1. The maximum absolute atomic E-state index is 13.5. The van der Waals surface area contributed by atoms with Crippen LogP contribution in [0.1, 0.15) is 29.6 Å². The molecule has 0 unspecified atom stereocenters. The number of hydrogen-bond acceptors (Lipinski definition) is 4. The van der Waals surface area contributed by atoms with E-state index in [2.05, 4.69) is 10.6 Å². The van der Waals surface area contributed by atoms with Crippen LogP contribution < -0.4 is 15.5 Å². The maximum atomic E-state index is 13.5. The minimum Gasteiger partial charge on any atom is -0.354 e. The van der Waals surface area contributed by atoms with Crippen molar-refractivity contribution in [3.63, 3.8) is 0 Å². The fourth-order valence-electron chi connectivity index (χ4n) is 2.73. The van der Waals surface area contributed by atoms with Gasteiger partial charge in [-0.3, -0.25) is 14.4 Å². The third-order valence-corrected chi connectivity index (χ3v) is 4.23. The normalized spacial score (nSPS) is 10.0. The standard InChI is InChI=1S/C22H23FN4O3/c23-19-10-5-4-9-18(19)22(30)26-15-14-25-20(28)11-12-21(29)27(16-6-13-24)17-7-2-1-3-8-17/h1-5,7-10H,6,11-12,14-16H2,(H,25,28)(H,26,30). The second kappa shape index (κ2) is 12.0. The highest BCUT2D eigenvalue weighted by atomic mass is 19.1. The number of carbonyl (C=O) groups is 3. The van der Waals surface area contributed by atoms with Gasteiger partial charge in [0.1, 0.15) is 5.82 Å². The molecule has 0 aliphatic heterocycles. The van der Waals surface area contributed by atoms with Crippen LogP contribution in [0.15, 0.2) is 54.6 Å². The summed E-state index contributed by atoms with van der Waals surface area (Å²) in [5, 5.41) is 13.9. The summed E-state index contributed by atoms with van der Waals surface area (Å²) >= 11 is 0. The molecule has 0 aliphatic carbocycles. The molecule has 0 aromatic heterocycles. The van der Waals surface area contributed by atoms with Gasteiger partial charge in [-0.15, -0.1) is 0 Å². The maximum Gasteiger partial charge on any atom is 0.254 e. The van der Waals surface area contributed by atoms with Crippen molar-refractivity contribution in [2.75, 3.05) is 24.5 Å². The summed E-state index contributed by atoms with van der Waals surface area (Å²) in [5.41, 5.74) is 0.613. The highest BCUT2D eigenvalue weighted by molar-refractivity contribution is 5.95. The van der Waals surface area contributed by atoms with Crippen molar-refractivity contribution in [1.82, 2.24) is 10.6 Å². The molecular weight excluding hydrogens is 387 g/mol. The Hall–Kier alpha value is -3.73. The van der Waals surface area contributed by atoms with Crippen LogP contribution in [0.3, 0.4) is 0 Å². The third kappa shape index (κ3) is 7.02. The zero-order valence-electron chi connectivity index (χ0n) is 16.4. The van der Waals surface area contributed by atoms with Crippen LogP contribution in [-0.4, -0.2) is 37.4 Å². The van der Waals surface area contributed by atoms with Crippen LogP contribution in [-0.2, 0) is 9.59 Å². The number of para-hydroxylation sites is 1. The van der Waals surface area contributed by atoms with Crippen molar-refractivity contribution in [3.05, 3.63) is 66.0 Å². The zero-order chi connectivity index (χ0) is 21.8. The lowest BCUT2D eigenvalue weighted by atomic mass is 10.2. The molecule has 0 aliphatic rings. The Bertz CT molecular complexity index is 912. The minimum atomic E-state index is -0.614. The molecule has 0 atom stereocenters. The quantitative estimate of drug-likeness (QED) is 0.587. The number of halogens is 1. The smallest absolute Gasteiger partial charge is 0.254 e. The topological polar surface area (TPSA) is 102 Å². The molecule has 8 heteroatoms. The van der Waals surface area contributed by atoms with E-state index < -0.39 is 11.7 Å². The van der Waals surface area contributed by atoms with Gasteiger partial charge in [-0.05, 0) is 24.3 Å². The molecule has 0 bridgehead atoms. The summed E-state index contributed by atoms with van der Waals surface area (Å²) < 4.78 is 13.5. The van der Waals surface area contributed by atoms with Crippen molar-refractivity contribution in [3.8, 4) is 6.07 Å². The molecule has 0 saturated heterocycles. The molecule has 0 saturated carbocycles. The van der Waals surface area contributed by atoms with Crippen molar-refractivity contribution in [1.29, 1.82) is 5.26 Å². The van der Waals surface area contributed by atoms with Gasteiger partial charge in [0.15, 0.2) is 0 Å². The Morgan fingerprint density at radius 3 is 2.30 bits per heavy atom. The number of carbonyl (C=O) groups excluding carboxylic acids is 3. The Kier molecular flexibility index (Phi) is 9.00. The molecule has 2 rings (SSSR count). The zero-order valence-corrected chi connectivity index (χ0v) is 16.4. The first-order valence-corrected chi connectivity index (χ1v) is 9.54. The van der Waals surface area contributed by atoms with E-state index in [1.165, 1.54) is 23.1 Å². The van der Waals surface area contributed by atoms with Crippen LogP contribution in [0.25, 0.3) is 0 Å². The molecular formula is C22H23FN4O3. The lowest BCUT2D eigenvalue weighted by Gasteiger charge is -2.21. The van der Waals surface area contributed by atoms with Gasteiger partial charge in [0, 0.05) is 38.2 Å². The van der Waals surface area contributed by atoms with Gasteiger partial charge in [-0.25, -0.2) is 4.39 Å². The number of nitrogens with zero attached hydrogens (tertiary/aromatic N) is 2. The van der Waals surface area contributed by atoms with Crippen LogP contribution >= 0.6 is 0 Å². The first-order valence-electron chi connectivity index (χ1n) is 9.54. The van der Waals surface area contributed by atoms with Crippen molar-refractivity contribution in [2.45, 2.75) is 19.3 Å². The fraction of sp³-hybridized carbons (Fsp3) is 0.273. The van der Waals surface area contributed by atoms with Crippen molar-refractivity contribution >= 4 is 23.4 Å². The number of rotatable bonds is 10. The average Bonchev–Trinajstić information content (AvgIpc) is 2.76. The highest BCUT2D eigenvalue weighted by Crippen LogP contribution is 2.15. The Morgan fingerprint density at radius 2 is 1.60 bits per heavy atom. The van der Waals surface area contributed by atoms with Crippen LogP contribution in [0, 0.1) is 17.1 Å². The van der Waals surface area contributed by atoms with Gasteiger partial charge < -0.3 is 15.5 Å². The predicted octanol–water partition coefficient (Wildman–Crippen LogP) is 2.40. The molecule has 2 aromatic rings. The van der Waals surface area contributed by atoms with Gasteiger partial charge in [0.2, 0.25) is 11.8 Å². The largest absolute Gasteiger partial charge is 0.354 e. The fourth-order valence-corrected chi connectivity index (χ4v) is 2.73. The van der Waals surface area contributed by atoms with Gasteiger partial charge in [0.05, 0.1) is 18.1 Å². The van der Waals surface area contributed by atoms with Crippen LogP contribution in [0.2, 0.25) is 0 Å². The second-order valence-corrected chi connectivity index (χ2v) is 6.37. The number of hydrogen-bond donors (Lipinski definition) is 2. The van der Waals surface area contributed by atoms with Gasteiger partial charge in [0.25, 0.3) is 5.91 Å². The van der Waals surface area contributed by atoms with Crippen molar-refractivity contribution < 1.29 is 18.8 Å². The van der Waals surface area contributed by atoms with E-state index in [4.69, 9.17) is 5.26 Å². The van der Waals surface area contributed by atoms with E-state index in [-0.39, 0.29) is 56.3 Å². The summed E-state index contributed by atoms with van der Waals surface area (Å²) in [6.07, 6.45) is 0.165. The predicted molar refractivity (Wildman–Crippen MR) is 110 cm³/mol. The second-order valence-electron chi connectivity index (χ2n) is 6.37. The molecule has 30 heavy (non-hydrogen) atoms. The summed E-state index contributed by atoms with van der Waals surface area (Å²) in [6.45, 7) is 0.540. The molecule has 0 spiro atoms. The monoisotopic (exact) mass is 410 g/mol. The van der Waals surface area contributed by atoms with Crippen LogP contribution in [0.5, 0.6) is 0 Å². The summed E-state index contributed by atoms with van der Waals surface area (Å²) in [6, 6.07) is 16.6.